The van der Waals surface area contributed by atoms with Gasteiger partial charge in [-0.25, -0.2) is 9.59 Å². The van der Waals surface area contributed by atoms with Gasteiger partial charge in [-0.2, -0.15) is 5.10 Å². The van der Waals surface area contributed by atoms with E-state index in [1.165, 1.54) is 6.20 Å². The van der Waals surface area contributed by atoms with Crippen LogP contribution in [0.3, 0.4) is 0 Å². The summed E-state index contributed by atoms with van der Waals surface area (Å²) in [5.41, 5.74) is 1.35. The highest BCUT2D eigenvalue weighted by Gasteiger charge is 2.15. The monoisotopic (exact) mass is 277 g/mol. The zero-order chi connectivity index (χ0) is 14.7. The lowest BCUT2D eigenvalue weighted by Crippen LogP contribution is -2.20. The maximum atomic E-state index is 11.8. The van der Waals surface area contributed by atoms with E-state index in [1.54, 1.807) is 23.9 Å². The molecule has 0 aromatic carbocycles. The Bertz CT molecular complexity index is 643. The van der Waals surface area contributed by atoms with E-state index >= 15 is 0 Å². The molecule has 2 rings (SSSR count). The van der Waals surface area contributed by atoms with E-state index in [2.05, 4.69) is 20.7 Å². The average Bonchev–Trinajstić information content (AvgIpc) is 2.96. The summed E-state index contributed by atoms with van der Waals surface area (Å²) < 4.78 is 1.67. The Morgan fingerprint density at radius 2 is 2.20 bits per heavy atom. The number of carboxylic acids is 1. The fraction of sp³-hybridized carbons (Fsp3) is 0.250. The molecule has 0 aliphatic rings. The number of nitrogens with one attached hydrogen (secondary N) is 3. The summed E-state index contributed by atoms with van der Waals surface area (Å²) >= 11 is 0. The number of aromatic carboxylic acids is 1. The Hall–Kier alpha value is -2.77. The third-order valence-corrected chi connectivity index (χ3v) is 2.63. The minimum atomic E-state index is -1.13. The van der Waals surface area contributed by atoms with Crippen molar-refractivity contribution in [3.05, 3.63) is 29.8 Å². The first-order valence-corrected chi connectivity index (χ1v) is 6.03. The van der Waals surface area contributed by atoms with Gasteiger partial charge >= 0.3 is 12.0 Å². The molecule has 2 heterocycles. The van der Waals surface area contributed by atoms with Gasteiger partial charge < -0.3 is 20.7 Å². The van der Waals surface area contributed by atoms with Crippen LogP contribution in [-0.4, -0.2) is 31.9 Å². The number of H-pyrrole nitrogens is 1. The van der Waals surface area contributed by atoms with Gasteiger partial charge in [0, 0.05) is 18.4 Å². The number of aryl methyl sites for hydroxylation is 2. The van der Waals surface area contributed by atoms with Crippen LogP contribution >= 0.6 is 0 Å². The molecule has 2 aromatic heterocycles. The van der Waals surface area contributed by atoms with Crippen LogP contribution in [0.25, 0.3) is 0 Å². The number of hydrogen-bond donors (Lipinski definition) is 4. The number of rotatable bonds is 4. The number of amides is 2. The molecule has 0 unspecified atom stereocenters. The summed E-state index contributed by atoms with van der Waals surface area (Å²) in [6.07, 6.45) is 3.20. The van der Waals surface area contributed by atoms with Crippen LogP contribution in [0.4, 0.5) is 16.2 Å². The van der Waals surface area contributed by atoms with Gasteiger partial charge in [0.15, 0.2) is 0 Å². The molecule has 2 amide bonds. The summed E-state index contributed by atoms with van der Waals surface area (Å²) in [4.78, 5) is 25.5. The summed E-state index contributed by atoms with van der Waals surface area (Å²) in [5.74, 6) is -1.13. The zero-order valence-corrected chi connectivity index (χ0v) is 11.1. The van der Waals surface area contributed by atoms with E-state index in [9.17, 15) is 9.59 Å². The second kappa shape index (κ2) is 5.47. The Balaban J connectivity index is 2.06. The van der Waals surface area contributed by atoms with Crippen molar-refractivity contribution >= 4 is 23.4 Å². The number of anilines is 2. The number of hydrogen-bond acceptors (Lipinski definition) is 3. The van der Waals surface area contributed by atoms with Crippen LogP contribution in [0.2, 0.25) is 0 Å². The van der Waals surface area contributed by atoms with Gasteiger partial charge in [-0.3, -0.25) is 4.68 Å². The molecule has 0 atom stereocenters. The van der Waals surface area contributed by atoms with Crippen molar-refractivity contribution in [2.75, 3.05) is 10.6 Å². The molecule has 8 heteroatoms. The maximum absolute atomic E-state index is 11.8. The quantitative estimate of drug-likeness (QED) is 0.683. The van der Waals surface area contributed by atoms with Crippen LogP contribution in [0.15, 0.2) is 18.5 Å². The highest BCUT2D eigenvalue weighted by atomic mass is 16.4. The van der Waals surface area contributed by atoms with Crippen molar-refractivity contribution in [1.82, 2.24) is 14.8 Å². The number of urea groups is 1. The Morgan fingerprint density at radius 3 is 2.80 bits per heavy atom. The predicted molar refractivity (Wildman–Crippen MR) is 73.0 cm³/mol. The van der Waals surface area contributed by atoms with Crippen LogP contribution in [-0.2, 0) is 6.54 Å². The number of nitrogens with zero attached hydrogens (tertiary/aromatic N) is 2. The molecule has 0 saturated heterocycles. The molecular weight excluding hydrogens is 262 g/mol. The lowest BCUT2D eigenvalue weighted by molar-refractivity contribution is 0.0692. The minimum absolute atomic E-state index is 0.0538. The minimum Gasteiger partial charge on any atom is -0.477 e. The Kier molecular flexibility index (Phi) is 3.74. The Morgan fingerprint density at radius 1 is 1.45 bits per heavy atom. The second-order valence-electron chi connectivity index (χ2n) is 4.21. The fourth-order valence-electron chi connectivity index (χ4n) is 1.74. The first-order valence-electron chi connectivity index (χ1n) is 6.03. The van der Waals surface area contributed by atoms with Gasteiger partial charge in [-0.1, -0.05) is 0 Å². The van der Waals surface area contributed by atoms with Gasteiger partial charge in [0.1, 0.15) is 5.69 Å². The molecule has 0 aliphatic heterocycles. The molecule has 0 saturated carbocycles. The lowest BCUT2D eigenvalue weighted by atomic mass is 10.3. The lowest BCUT2D eigenvalue weighted by Gasteiger charge is -2.04. The van der Waals surface area contributed by atoms with Crippen LogP contribution < -0.4 is 10.6 Å². The molecule has 2 aromatic rings. The van der Waals surface area contributed by atoms with E-state index in [0.717, 1.165) is 0 Å². The summed E-state index contributed by atoms with van der Waals surface area (Å²) in [6.45, 7) is 4.34. The SMILES string of the molecule is CCn1cc(NC(=O)Nc2cc(C)[nH]c2C(=O)O)cn1. The largest absolute Gasteiger partial charge is 0.477 e. The van der Waals surface area contributed by atoms with Crippen LogP contribution in [0, 0.1) is 6.92 Å². The number of aromatic nitrogens is 3. The standard InChI is InChI=1S/C12H15N5O3/c1-3-17-6-8(5-13-17)15-12(20)16-9-4-7(2)14-10(9)11(18)19/h4-6,14H,3H2,1-2H3,(H,18,19)(H2,15,16,20). The average molecular weight is 277 g/mol. The van der Waals surface area contributed by atoms with E-state index in [4.69, 9.17) is 5.11 Å². The van der Waals surface area contributed by atoms with Crippen molar-refractivity contribution < 1.29 is 14.7 Å². The molecule has 0 spiro atoms. The van der Waals surface area contributed by atoms with Crippen LogP contribution in [0.5, 0.6) is 0 Å². The van der Waals surface area contributed by atoms with Crippen molar-refractivity contribution in [2.24, 2.45) is 0 Å². The number of carbonyl (C=O) groups excluding carboxylic acids is 1. The molecule has 0 radical (unpaired) electrons. The highest BCUT2D eigenvalue weighted by Crippen LogP contribution is 2.17. The molecule has 20 heavy (non-hydrogen) atoms. The van der Waals surface area contributed by atoms with Gasteiger partial charge in [-0.05, 0) is 19.9 Å². The zero-order valence-electron chi connectivity index (χ0n) is 11.1. The highest BCUT2D eigenvalue weighted by molar-refractivity contribution is 6.04. The second-order valence-corrected chi connectivity index (χ2v) is 4.21. The van der Waals surface area contributed by atoms with Crippen molar-refractivity contribution in [1.29, 1.82) is 0 Å². The van der Waals surface area contributed by atoms with Crippen LogP contribution in [0.1, 0.15) is 23.1 Å². The topological polar surface area (TPSA) is 112 Å². The molecule has 8 nitrogen and oxygen atoms in total. The van der Waals surface area contributed by atoms with Gasteiger partial charge in [0.25, 0.3) is 0 Å². The van der Waals surface area contributed by atoms with E-state index < -0.39 is 12.0 Å². The van der Waals surface area contributed by atoms with Gasteiger partial charge in [-0.15, -0.1) is 0 Å². The van der Waals surface area contributed by atoms with Gasteiger partial charge in [0.05, 0.1) is 17.6 Å². The maximum Gasteiger partial charge on any atom is 0.354 e. The van der Waals surface area contributed by atoms with E-state index in [1.807, 2.05) is 6.92 Å². The molecule has 0 bridgehead atoms. The molecule has 0 aliphatic carbocycles. The fourth-order valence-corrected chi connectivity index (χ4v) is 1.74. The number of carbonyl (C=O) groups is 2. The third kappa shape index (κ3) is 2.97. The number of aromatic amines is 1. The smallest absolute Gasteiger partial charge is 0.354 e. The predicted octanol–water partition coefficient (Wildman–Crippen LogP) is 1.88. The third-order valence-electron chi connectivity index (χ3n) is 2.63. The molecule has 4 N–H and O–H groups in total. The van der Waals surface area contributed by atoms with E-state index in [0.29, 0.717) is 17.9 Å². The first-order chi connectivity index (χ1) is 9.49. The summed E-state index contributed by atoms with van der Waals surface area (Å²) in [7, 11) is 0. The van der Waals surface area contributed by atoms with Gasteiger partial charge in [0.2, 0.25) is 0 Å². The molecule has 106 valence electrons. The Labute approximate surface area is 114 Å². The molecule has 0 fully saturated rings. The van der Waals surface area contributed by atoms with E-state index in [-0.39, 0.29) is 11.4 Å². The number of carboxylic acid groups (broad SMARTS) is 1. The molecular formula is C12H15N5O3. The van der Waals surface area contributed by atoms with Crippen molar-refractivity contribution in [2.45, 2.75) is 20.4 Å². The van der Waals surface area contributed by atoms with Crippen molar-refractivity contribution in [3.63, 3.8) is 0 Å². The first kappa shape index (κ1) is 13.7. The summed E-state index contributed by atoms with van der Waals surface area (Å²) in [5, 5.41) is 18.1. The normalized spacial score (nSPS) is 10.3. The summed E-state index contributed by atoms with van der Waals surface area (Å²) in [6, 6.07) is 1.03. The van der Waals surface area contributed by atoms with Crippen molar-refractivity contribution in [3.8, 4) is 0 Å².